The maximum absolute atomic E-state index is 13.1. The number of carbonyl (C=O) groups excluding carboxylic acids is 1. The van der Waals surface area contributed by atoms with Gasteiger partial charge in [-0.15, -0.1) is 11.3 Å². The van der Waals surface area contributed by atoms with Crippen LogP contribution in [0.15, 0.2) is 49.2 Å². The number of rotatable bonds is 5. The zero-order valence-electron chi connectivity index (χ0n) is 18.5. The van der Waals surface area contributed by atoms with Crippen molar-refractivity contribution in [3.8, 4) is 11.3 Å². The third-order valence-electron chi connectivity index (χ3n) is 5.63. The van der Waals surface area contributed by atoms with Crippen molar-refractivity contribution in [2.45, 2.75) is 33.2 Å². The lowest BCUT2D eigenvalue weighted by Gasteiger charge is -2.16. The van der Waals surface area contributed by atoms with Crippen molar-refractivity contribution in [1.82, 2.24) is 29.5 Å². The maximum Gasteiger partial charge on any atom is 0.264 e. The smallest absolute Gasteiger partial charge is 0.264 e. The van der Waals surface area contributed by atoms with Crippen LogP contribution < -0.4 is 0 Å². The minimum absolute atomic E-state index is 0.0135. The number of hydrogen-bond acceptors (Lipinski definition) is 5. The molecule has 5 aromatic rings. The van der Waals surface area contributed by atoms with Gasteiger partial charge in [0.05, 0.1) is 20.8 Å². The molecule has 0 aliphatic heterocycles. The van der Waals surface area contributed by atoms with Crippen LogP contribution in [0.25, 0.3) is 27.1 Å². The van der Waals surface area contributed by atoms with E-state index in [1.54, 1.807) is 35.0 Å². The van der Waals surface area contributed by atoms with Gasteiger partial charge in [-0.05, 0) is 47.7 Å². The van der Waals surface area contributed by atoms with Gasteiger partial charge in [0.25, 0.3) is 5.91 Å². The molecule has 0 aliphatic rings. The molecular formula is C24H24N6OS. The lowest BCUT2D eigenvalue weighted by molar-refractivity contribution is 0.0790. The Balaban J connectivity index is 1.53. The standard InChI is InChI=1S/C24H24N6OS/c1-14(2)20-21(17-8-15(3)23-26-13-27-30(23)12-17)28-18-9-19(32-22(18)20)24(31)29(4)11-16-6-5-7-25-10-16/h5-10,12-14,28H,11H2,1-4H3. The quantitative estimate of drug-likeness (QED) is 0.412. The molecule has 0 saturated carbocycles. The van der Waals surface area contributed by atoms with Gasteiger partial charge in [-0.2, -0.15) is 5.10 Å². The molecule has 1 amide bonds. The molecule has 0 aliphatic carbocycles. The number of hydrogen-bond donors (Lipinski definition) is 1. The monoisotopic (exact) mass is 444 g/mol. The van der Waals surface area contributed by atoms with Crippen LogP contribution in [0.4, 0.5) is 0 Å². The largest absolute Gasteiger partial charge is 0.354 e. The number of pyridine rings is 2. The molecule has 0 saturated heterocycles. The second kappa shape index (κ2) is 7.87. The molecule has 1 N–H and O–H groups in total. The first-order valence-corrected chi connectivity index (χ1v) is 11.3. The summed E-state index contributed by atoms with van der Waals surface area (Å²) in [7, 11) is 1.83. The van der Waals surface area contributed by atoms with E-state index in [2.05, 4.69) is 40.0 Å². The molecule has 5 heterocycles. The van der Waals surface area contributed by atoms with Gasteiger partial charge < -0.3 is 9.88 Å². The maximum atomic E-state index is 13.1. The second-order valence-electron chi connectivity index (χ2n) is 8.38. The molecule has 5 rings (SSSR count). The minimum atomic E-state index is 0.0135. The predicted octanol–water partition coefficient (Wildman–Crippen LogP) is 5.04. The Bertz CT molecular complexity index is 1430. The van der Waals surface area contributed by atoms with E-state index in [1.165, 1.54) is 5.56 Å². The van der Waals surface area contributed by atoms with Gasteiger partial charge in [-0.25, -0.2) is 9.50 Å². The third kappa shape index (κ3) is 3.46. The van der Waals surface area contributed by atoms with Crippen LogP contribution in [0.5, 0.6) is 0 Å². The van der Waals surface area contributed by atoms with Crippen molar-refractivity contribution in [2.24, 2.45) is 0 Å². The molecule has 7 nitrogen and oxygen atoms in total. The topological polar surface area (TPSA) is 79.2 Å². The number of amides is 1. The molecule has 0 radical (unpaired) electrons. The zero-order valence-corrected chi connectivity index (χ0v) is 19.3. The SMILES string of the molecule is Cc1cc(-c2[nH]c3cc(C(=O)N(C)Cc4cccnc4)sc3c2C(C)C)cn2ncnc12. The van der Waals surface area contributed by atoms with Gasteiger partial charge in [-0.3, -0.25) is 9.78 Å². The van der Waals surface area contributed by atoms with Crippen LogP contribution in [0.2, 0.25) is 0 Å². The van der Waals surface area contributed by atoms with E-state index in [9.17, 15) is 4.79 Å². The molecule has 0 unspecified atom stereocenters. The van der Waals surface area contributed by atoms with E-state index < -0.39 is 0 Å². The average molecular weight is 445 g/mol. The molecule has 0 fully saturated rings. The summed E-state index contributed by atoms with van der Waals surface area (Å²) in [5.41, 5.74) is 7.28. The predicted molar refractivity (Wildman–Crippen MR) is 127 cm³/mol. The normalized spacial score (nSPS) is 11.7. The highest BCUT2D eigenvalue weighted by atomic mass is 32.1. The first-order chi connectivity index (χ1) is 15.4. The Kier molecular flexibility index (Phi) is 5.01. The summed E-state index contributed by atoms with van der Waals surface area (Å²) in [6, 6.07) is 7.97. The fraction of sp³-hybridized carbons (Fsp3) is 0.250. The van der Waals surface area contributed by atoms with Crippen molar-refractivity contribution in [1.29, 1.82) is 0 Å². The summed E-state index contributed by atoms with van der Waals surface area (Å²) >= 11 is 1.55. The van der Waals surface area contributed by atoms with Crippen LogP contribution in [-0.2, 0) is 6.54 Å². The van der Waals surface area contributed by atoms with E-state index in [-0.39, 0.29) is 5.91 Å². The molecule has 162 valence electrons. The van der Waals surface area contributed by atoms with Crippen LogP contribution >= 0.6 is 11.3 Å². The molecule has 0 spiro atoms. The zero-order chi connectivity index (χ0) is 22.4. The molecule has 0 aromatic carbocycles. The van der Waals surface area contributed by atoms with Gasteiger partial charge in [0.15, 0.2) is 5.65 Å². The number of carbonyl (C=O) groups is 1. The number of H-pyrrole nitrogens is 1. The van der Waals surface area contributed by atoms with Crippen LogP contribution in [0.3, 0.4) is 0 Å². The van der Waals surface area contributed by atoms with Crippen LogP contribution in [-0.4, -0.2) is 42.4 Å². The first kappa shape index (κ1) is 20.4. The number of fused-ring (bicyclic) bond motifs is 2. The van der Waals surface area contributed by atoms with E-state index in [0.29, 0.717) is 12.5 Å². The minimum Gasteiger partial charge on any atom is -0.354 e. The highest BCUT2D eigenvalue weighted by Crippen LogP contribution is 2.40. The first-order valence-electron chi connectivity index (χ1n) is 10.5. The lowest BCUT2D eigenvalue weighted by atomic mass is 9.99. The number of aryl methyl sites for hydroxylation is 1. The molecule has 0 bridgehead atoms. The molecular weight excluding hydrogens is 420 g/mol. The Morgan fingerprint density at radius 1 is 1.31 bits per heavy atom. The Hall–Kier alpha value is -3.52. The Morgan fingerprint density at radius 3 is 2.91 bits per heavy atom. The Labute approximate surface area is 189 Å². The molecule has 5 aromatic heterocycles. The van der Waals surface area contributed by atoms with Gasteiger partial charge in [0.2, 0.25) is 0 Å². The molecule has 32 heavy (non-hydrogen) atoms. The van der Waals surface area contributed by atoms with Crippen molar-refractivity contribution < 1.29 is 4.79 Å². The Morgan fingerprint density at radius 2 is 2.16 bits per heavy atom. The summed E-state index contributed by atoms with van der Waals surface area (Å²) in [6.07, 6.45) is 7.10. The fourth-order valence-corrected chi connectivity index (χ4v) is 5.45. The van der Waals surface area contributed by atoms with Gasteiger partial charge in [0, 0.05) is 37.7 Å². The lowest BCUT2D eigenvalue weighted by Crippen LogP contribution is -2.25. The van der Waals surface area contributed by atoms with Crippen molar-refractivity contribution >= 4 is 33.1 Å². The van der Waals surface area contributed by atoms with Crippen LogP contribution in [0, 0.1) is 6.92 Å². The summed E-state index contributed by atoms with van der Waals surface area (Å²) in [4.78, 5) is 27.6. The number of nitrogens with one attached hydrogen (secondary N) is 1. The third-order valence-corrected chi connectivity index (χ3v) is 6.79. The van der Waals surface area contributed by atoms with E-state index in [4.69, 9.17) is 0 Å². The second-order valence-corrected chi connectivity index (χ2v) is 9.44. The van der Waals surface area contributed by atoms with E-state index >= 15 is 0 Å². The highest BCUT2D eigenvalue weighted by molar-refractivity contribution is 7.21. The summed E-state index contributed by atoms with van der Waals surface area (Å²) in [6.45, 7) is 6.94. The average Bonchev–Trinajstić information content (AvgIpc) is 3.47. The van der Waals surface area contributed by atoms with Crippen molar-refractivity contribution in [2.75, 3.05) is 7.05 Å². The van der Waals surface area contributed by atoms with Crippen molar-refractivity contribution in [3.63, 3.8) is 0 Å². The molecule has 8 heteroatoms. The highest BCUT2D eigenvalue weighted by Gasteiger charge is 2.23. The number of thiophene rings is 1. The van der Waals surface area contributed by atoms with Gasteiger partial charge in [0.1, 0.15) is 6.33 Å². The van der Waals surface area contributed by atoms with Gasteiger partial charge >= 0.3 is 0 Å². The van der Waals surface area contributed by atoms with E-state index in [0.717, 1.165) is 43.1 Å². The molecule has 0 atom stereocenters. The summed E-state index contributed by atoms with van der Waals surface area (Å²) < 4.78 is 2.94. The number of aromatic amines is 1. The fourth-order valence-electron chi connectivity index (χ4n) is 4.14. The van der Waals surface area contributed by atoms with Gasteiger partial charge in [-0.1, -0.05) is 19.9 Å². The summed E-state index contributed by atoms with van der Waals surface area (Å²) in [5.74, 6) is 0.305. The number of aromatic nitrogens is 5. The summed E-state index contributed by atoms with van der Waals surface area (Å²) in [5, 5.41) is 4.31. The van der Waals surface area contributed by atoms with Crippen molar-refractivity contribution in [3.05, 3.63) is 70.8 Å². The number of nitrogens with zero attached hydrogens (tertiary/aromatic N) is 5. The van der Waals surface area contributed by atoms with Crippen LogP contribution in [0.1, 0.15) is 46.1 Å². The van der Waals surface area contributed by atoms with E-state index in [1.807, 2.05) is 42.9 Å².